The van der Waals surface area contributed by atoms with Crippen LogP contribution in [0.2, 0.25) is 0 Å². The molecule has 0 saturated carbocycles. The molecular weight excluding hydrogens is 272 g/mol. The summed E-state index contributed by atoms with van der Waals surface area (Å²) in [6, 6.07) is 19.5. The first-order valence-corrected chi connectivity index (χ1v) is 8.08. The fourth-order valence-corrected chi connectivity index (χ4v) is 3.90. The zero-order chi connectivity index (χ0) is 14.3. The van der Waals surface area contributed by atoms with E-state index in [2.05, 4.69) is 64.8 Å². The standard InChI is InChI=1S/C19H17OSi/c21-19(12-3-4-13-20-19)18-9-5-8-16-15-7-2-1-6-14(15)10-11-17(16)18/h1-2,5-11H,3-4,12-13H2. The number of ether oxygens (including phenoxy) is 1. The summed E-state index contributed by atoms with van der Waals surface area (Å²) in [5.41, 5.74) is 1.25. The average Bonchev–Trinajstić information content (AvgIpc) is 2.55. The Labute approximate surface area is 128 Å². The molecule has 1 unspecified atom stereocenters. The molecule has 1 saturated heterocycles. The Morgan fingerprint density at radius 3 is 2.52 bits per heavy atom. The van der Waals surface area contributed by atoms with E-state index in [4.69, 9.17) is 4.74 Å². The van der Waals surface area contributed by atoms with Gasteiger partial charge in [-0.05, 0) is 46.4 Å². The van der Waals surface area contributed by atoms with E-state index in [1.807, 2.05) is 0 Å². The van der Waals surface area contributed by atoms with Crippen molar-refractivity contribution < 1.29 is 4.74 Å². The van der Waals surface area contributed by atoms with E-state index in [0.717, 1.165) is 19.4 Å². The first-order chi connectivity index (χ1) is 10.3. The zero-order valence-electron chi connectivity index (χ0n) is 11.9. The fourth-order valence-electron chi connectivity index (χ4n) is 3.40. The lowest BCUT2D eigenvalue weighted by Crippen LogP contribution is -2.34. The van der Waals surface area contributed by atoms with Crippen LogP contribution >= 0.6 is 0 Å². The number of rotatable bonds is 1. The average molecular weight is 289 g/mol. The topological polar surface area (TPSA) is 9.23 Å². The van der Waals surface area contributed by atoms with Crippen LogP contribution in [0.5, 0.6) is 0 Å². The Bertz CT molecular complexity index is 803. The van der Waals surface area contributed by atoms with Crippen molar-refractivity contribution in [2.24, 2.45) is 0 Å². The summed E-state index contributed by atoms with van der Waals surface area (Å²) in [7, 11) is 3.93. The molecule has 0 spiro atoms. The lowest BCUT2D eigenvalue weighted by atomic mass is 9.92. The van der Waals surface area contributed by atoms with Gasteiger partial charge in [-0.15, -0.1) is 0 Å². The summed E-state index contributed by atoms with van der Waals surface area (Å²) in [4.78, 5) is 0. The van der Waals surface area contributed by atoms with Crippen LogP contribution in [0.4, 0.5) is 0 Å². The van der Waals surface area contributed by atoms with E-state index in [1.165, 1.54) is 33.5 Å². The zero-order valence-corrected chi connectivity index (χ0v) is 12.9. The maximum absolute atomic E-state index is 6.09. The number of fused-ring (bicyclic) bond motifs is 3. The normalized spacial score (nSPS) is 22.7. The molecule has 1 aliphatic rings. The molecule has 0 aliphatic carbocycles. The van der Waals surface area contributed by atoms with Crippen molar-refractivity contribution in [2.45, 2.75) is 24.5 Å². The minimum absolute atomic E-state index is 0.333. The van der Waals surface area contributed by atoms with Crippen molar-refractivity contribution in [2.75, 3.05) is 6.61 Å². The number of benzene rings is 3. The minimum atomic E-state index is -0.333. The lowest BCUT2D eigenvalue weighted by Gasteiger charge is -2.35. The Morgan fingerprint density at radius 2 is 1.67 bits per heavy atom. The van der Waals surface area contributed by atoms with Crippen LogP contribution in [0, 0.1) is 0 Å². The summed E-state index contributed by atoms with van der Waals surface area (Å²) >= 11 is 0. The van der Waals surface area contributed by atoms with E-state index in [1.54, 1.807) is 0 Å². The first-order valence-electron chi connectivity index (χ1n) is 7.58. The molecule has 103 valence electrons. The number of hydrogen-bond donors (Lipinski definition) is 0. The van der Waals surface area contributed by atoms with Gasteiger partial charge < -0.3 is 4.74 Å². The van der Waals surface area contributed by atoms with Crippen LogP contribution < -0.4 is 0 Å². The third-order valence-corrected chi connectivity index (χ3v) is 5.16. The molecule has 3 radical (unpaired) electrons. The molecule has 21 heavy (non-hydrogen) atoms. The fraction of sp³-hybridized carbons (Fsp3) is 0.263. The second-order valence-electron chi connectivity index (χ2n) is 5.82. The summed E-state index contributed by atoms with van der Waals surface area (Å²) in [5.74, 6) is 0. The first kappa shape index (κ1) is 13.1. The molecule has 1 heterocycles. The van der Waals surface area contributed by atoms with Gasteiger partial charge in [0.2, 0.25) is 0 Å². The van der Waals surface area contributed by atoms with E-state index in [0.29, 0.717) is 0 Å². The van der Waals surface area contributed by atoms with Crippen LogP contribution in [0.25, 0.3) is 21.5 Å². The molecule has 0 amide bonds. The maximum atomic E-state index is 6.09. The summed E-state index contributed by atoms with van der Waals surface area (Å²) < 4.78 is 6.09. The van der Waals surface area contributed by atoms with Gasteiger partial charge in [-0.25, -0.2) is 0 Å². The van der Waals surface area contributed by atoms with Gasteiger partial charge in [0.1, 0.15) is 0 Å². The molecule has 0 aromatic heterocycles. The van der Waals surface area contributed by atoms with E-state index in [9.17, 15) is 0 Å². The molecule has 4 rings (SSSR count). The number of hydrogen-bond acceptors (Lipinski definition) is 1. The molecule has 0 bridgehead atoms. The summed E-state index contributed by atoms with van der Waals surface area (Å²) in [5, 5.41) is 4.85. The molecular formula is C19H17OSi. The smallest absolute Gasteiger partial charge is 0.0773 e. The van der Waals surface area contributed by atoms with Gasteiger partial charge in [0.25, 0.3) is 0 Å². The Kier molecular flexibility index (Phi) is 3.09. The van der Waals surface area contributed by atoms with Crippen molar-refractivity contribution in [3.8, 4) is 0 Å². The largest absolute Gasteiger partial charge is 0.375 e. The highest BCUT2D eigenvalue weighted by atomic mass is 28.1. The summed E-state index contributed by atoms with van der Waals surface area (Å²) in [6.45, 7) is 0.827. The second kappa shape index (κ2) is 4.97. The van der Waals surface area contributed by atoms with Gasteiger partial charge in [-0.3, -0.25) is 0 Å². The van der Waals surface area contributed by atoms with Crippen molar-refractivity contribution in [3.63, 3.8) is 0 Å². The van der Waals surface area contributed by atoms with Gasteiger partial charge in [0.05, 0.1) is 15.5 Å². The lowest BCUT2D eigenvalue weighted by molar-refractivity contribution is -0.0200. The predicted octanol–water partition coefficient (Wildman–Crippen LogP) is 4.51. The van der Waals surface area contributed by atoms with Crippen molar-refractivity contribution in [3.05, 3.63) is 60.2 Å². The van der Waals surface area contributed by atoms with Gasteiger partial charge in [-0.2, -0.15) is 0 Å². The molecule has 1 aliphatic heterocycles. The van der Waals surface area contributed by atoms with Crippen LogP contribution in [0.15, 0.2) is 54.6 Å². The Morgan fingerprint density at radius 1 is 0.810 bits per heavy atom. The minimum Gasteiger partial charge on any atom is -0.375 e. The van der Waals surface area contributed by atoms with Crippen LogP contribution in [-0.4, -0.2) is 16.8 Å². The molecule has 3 aromatic rings. The van der Waals surface area contributed by atoms with Crippen molar-refractivity contribution in [1.82, 2.24) is 0 Å². The third-order valence-electron chi connectivity index (χ3n) is 4.49. The van der Waals surface area contributed by atoms with E-state index < -0.39 is 0 Å². The third kappa shape index (κ3) is 2.10. The highest BCUT2D eigenvalue weighted by Crippen LogP contribution is 2.38. The SMILES string of the molecule is [Si]C1(c2cccc3c2ccc2ccccc23)CCCCO1. The highest BCUT2D eigenvalue weighted by Gasteiger charge is 2.31. The van der Waals surface area contributed by atoms with Crippen LogP contribution in [0.3, 0.4) is 0 Å². The van der Waals surface area contributed by atoms with E-state index >= 15 is 0 Å². The molecule has 1 atom stereocenters. The molecule has 1 nitrogen and oxygen atoms in total. The van der Waals surface area contributed by atoms with Gasteiger partial charge in [-0.1, -0.05) is 54.6 Å². The molecule has 3 aromatic carbocycles. The van der Waals surface area contributed by atoms with Crippen LogP contribution in [-0.2, 0) is 9.96 Å². The van der Waals surface area contributed by atoms with Crippen LogP contribution in [0.1, 0.15) is 24.8 Å². The monoisotopic (exact) mass is 289 g/mol. The molecule has 2 heteroatoms. The predicted molar refractivity (Wildman–Crippen MR) is 88.7 cm³/mol. The van der Waals surface area contributed by atoms with Crippen molar-refractivity contribution in [1.29, 1.82) is 0 Å². The second-order valence-corrected chi connectivity index (χ2v) is 6.63. The van der Waals surface area contributed by atoms with Gasteiger partial charge in [0.15, 0.2) is 0 Å². The highest BCUT2D eigenvalue weighted by molar-refractivity contribution is 6.18. The quantitative estimate of drug-likeness (QED) is 0.473. The summed E-state index contributed by atoms with van der Waals surface area (Å²) in [6.07, 6.45) is 3.38. The molecule has 1 fully saturated rings. The van der Waals surface area contributed by atoms with Gasteiger partial charge >= 0.3 is 0 Å². The Hall–Kier alpha value is -1.64. The van der Waals surface area contributed by atoms with Gasteiger partial charge in [0, 0.05) is 6.61 Å². The maximum Gasteiger partial charge on any atom is 0.0773 e. The van der Waals surface area contributed by atoms with E-state index in [-0.39, 0.29) is 5.22 Å². The molecule has 0 N–H and O–H groups in total. The van der Waals surface area contributed by atoms with Crippen molar-refractivity contribution >= 4 is 31.8 Å². The Balaban J connectivity index is 2.00.